The zero-order valence-corrected chi connectivity index (χ0v) is 16.4. The Labute approximate surface area is 165 Å². The van der Waals surface area contributed by atoms with Gasteiger partial charge in [0.1, 0.15) is 0 Å². The van der Waals surface area contributed by atoms with Crippen LogP contribution in [0.2, 0.25) is 0 Å². The van der Waals surface area contributed by atoms with Crippen molar-refractivity contribution >= 4 is 33.4 Å². The molecule has 0 radical (unpaired) electrons. The number of nitrogens with zero attached hydrogens (tertiary/aromatic N) is 1. The number of fused-ring (bicyclic) bond motifs is 2. The summed E-state index contributed by atoms with van der Waals surface area (Å²) in [6.07, 6.45) is 3.13. The Morgan fingerprint density at radius 3 is 2.04 bits per heavy atom. The Kier molecular flexibility index (Phi) is 5.03. The summed E-state index contributed by atoms with van der Waals surface area (Å²) in [6, 6.07) is 18.0. The van der Waals surface area contributed by atoms with Crippen molar-refractivity contribution in [3.63, 3.8) is 0 Å². The average Bonchev–Trinajstić information content (AvgIpc) is 2.70. The lowest BCUT2D eigenvalue weighted by molar-refractivity contribution is -0.140. The highest BCUT2D eigenvalue weighted by Crippen LogP contribution is 2.29. The number of piperidine rings is 1. The van der Waals surface area contributed by atoms with Crippen LogP contribution < -0.4 is 0 Å². The molecule has 0 bridgehead atoms. The second-order valence-corrected chi connectivity index (χ2v) is 7.70. The van der Waals surface area contributed by atoms with Crippen molar-refractivity contribution in [2.45, 2.75) is 45.2 Å². The first-order valence-corrected chi connectivity index (χ1v) is 9.95. The molecule has 28 heavy (non-hydrogen) atoms. The van der Waals surface area contributed by atoms with E-state index >= 15 is 0 Å². The van der Waals surface area contributed by atoms with Crippen molar-refractivity contribution < 1.29 is 14.3 Å². The van der Waals surface area contributed by atoms with E-state index in [9.17, 15) is 9.59 Å². The van der Waals surface area contributed by atoms with Gasteiger partial charge in [-0.3, -0.25) is 4.79 Å². The number of ether oxygens (including phenoxy) is 1. The molecule has 144 valence electrons. The van der Waals surface area contributed by atoms with Crippen molar-refractivity contribution in [3.05, 3.63) is 60.2 Å². The Hall–Kier alpha value is -2.88. The Morgan fingerprint density at radius 1 is 0.929 bits per heavy atom. The van der Waals surface area contributed by atoms with Crippen molar-refractivity contribution in [1.82, 2.24) is 4.90 Å². The summed E-state index contributed by atoms with van der Waals surface area (Å²) >= 11 is 0. The van der Waals surface area contributed by atoms with Crippen LogP contribution in [0.25, 0.3) is 21.5 Å². The van der Waals surface area contributed by atoms with E-state index in [1.807, 2.05) is 53.4 Å². The molecule has 0 unspecified atom stereocenters. The lowest BCUT2D eigenvalue weighted by Crippen LogP contribution is -2.49. The lowest BCUT2D eigenvalue weighted by atomic mass is 9.97. The van der Waals surface area contributed by atoms with Gasteiger partial charge in [-0.2, -0.15) is 0 Å². The number of amides is 1. The fourth-order valence-corrected chi connectivity index (χ4v) is 4.42. The summed E-state index contributed by atoms with van der Waals surface area (Å²) in [4.78, 5) is 27.6. The first kappa shape index (κ1) is 18.5. The van der Waals surface area contributed by atoms with Gasteiger partial charge in [-0.05, 0) is 60.7 Å². The number of hydrogen-bond acceptors (Lipinski definition) is 3. The smallest absolute Gasteiger partial charge is 0.339 e. The average molecular weight is 375 g/mol. The maximum atomic E-state index is 13.0. The fraction of sp³-hybridized carbons (Fsp3) is 0.333. The maximum absolute atomic E-state index is 13.0. The molecule has 3 aromatic carbocycles. The highest BCUT2D eigenvalue weighted by molar-refractivity contribution is 6.16. The van der Waals surface area contributed by atoms with Gasteiger partial charge in [-0.25, -0.2) is 4.79 Å². The van der Waals surface area contributed by atoms with Gasteiger partial charge in [0.25, 0.3) is 5.91 Å². The zero-order chi connectivity index (χ0) is 19.7. The standard InChI is InChI=1S/C24H25NO3/c1-16-8-7-9-17(2)25(16)22(26)15-28-24(27)23-20-12-5-3-10-18(20)14-19-11-4-6-13-21(19)23/h3-6,10-14,16-17H,7-9,15H2,1-2H3/t16-,17-/m1/s1. The lowest BCUT2D eigenvalue weighted by Gasteiger charge is -2.38. The number of carbonyl (C=O) groups is 2. The van der Waals surface area contributed by atoms with Gasteiger partial charge >= 0.3 is 5.97 Å². The van der Waals surface area contributed by atoms with Gasteiger partial charge in [0.2, 0.25) is 0 Å². The molecule has 1 amide bonds. The zero-order valence-electron chi connectivity index (χ0n) is 16.4. The molecule has 0 aliphatic carbocycles. The van der Waals surface area contributed by atoms with Gasteiger partial charge < -0.3 is 9.64 Å². The molecule has 1 fully saturated rings. The van der Waals surface area contributed by atoms with E-state index in [1.165, 1.54) is 0 Å². The van der Waals surface area contributed by atoms with E-state index in [2.05, 4.69) is 19.9 Å². The molecular formula is C24H25NO3. The molecule has 0 spiro atoms. The van der Waals surface area contributed by atoms with E-state index in [0.717, 1.165) is 40.8 Å². The number of benzene rings is 3. The van der Waals surface area contributed by atoms with Crippen LogP contribution in [0, 0.1) is 0 Å². The molecule has 1 saturated heterocycles. The van der Waals surface area contributed by atoms with Crippen molar-refractivity contribution in [2.75, 3.05) is 6.61 Å². The first-order valence-electron chi connectivity index (χ1n) is 9.95. The van der Waals surface area contributed by atoms with Crippen LogP contribution in [-0.2, 0) is 9.53 Å². The molecule has 0 saturated carbocycles. The van der Waals surface area contributed by atoms with Crippen molar-refractivity contribution in [3.8, 4) is 0 Å². The fourth-order valence-electron chi connectivity index (χ4n) is 4.42. The monoisotopic (exact) mass is 375 g/mol. The minimum Gasteiger partial charge on any atom is -0.452 e. The molecule has 1 aliphatic rings. The summed E-state index contributed by atoms with van der Waals surface area (Å²) in [7, 11) is 0. The SMILES string of the molecule is C[C@@H]1CCC[C@@H](C)N1C(=O)COC(=O)c1c2ccccc2cc2ccccc12. The van der Waals surface area contributed by atoms with Crippen LogP contribution in [0.5, 0.6) is 0 Å². The van der Waals surface area contributed by atoms with E-state index < -0.39 is 5.97 Å². The number of hydrogen-bond donors (Lipinski definition) is 0. The number of likely N-dealkylation sites (tertiary alicyclic amines) is 1. The first-order chi connectivity index (χ1) is 13.6. The third-order valence-corrected chi connectivity index (χ3v) is 5.78. The van der Waals surface area contributed by atoms with E-state index in [4.69, 9.17) is 4.74 Å². The molecular weight excluding hydrogens is 350 g/mol. The predicted molar refractivity (Wildman–Crippen MR) is 111 cm³/mol. The van der Waals surface area contributed by atoms with Crippen LogP contribution in [0.1, 0.15) is 43.5 Å². The second kappa shape index (κ2) is 7.63. The van der Waals surface area contributed by atoms with Crippen molar-refractivity contribution in [1.29, 1.82) is 0 Å². The molecule has 4 rings (SSSR count). The summed E-state index contributed by atoms with van der Waals surface area (Å²) in [5.41, 5.74) is 0.529. The Bertz CT molecular complexity index is 978. The Balaban J connectivity index is 1.62. The Morgan fingerprint density at radius 2 is 1.46 bits per heavy atom. The van der Waals surface area contributed by atoms with Gasteiger partial charge in [0.15, 0.2) is 6.61 Å². The predicted octanol–water partition coefficient (Wildman–Crippen LogP) is 4.94. The maximum Gasteiger partial charge on any atom is 0.339 e. The molecule has 0 N–H and O–H groups in total. The number of rotatable bonds is 3. The van der Waals surface area contributed by atoms with Crippen LogP contribution >= 0.6 is 0 Å². The summed E-state index contributed by atoms with van der Waals surface area (Å²) in [5.74, 6) is -0.559. The van der Waals surface area contributed by atoms with Crippen LogP contribution in [-0.4, -0.2) is 35.5 Å². The molecule has 0 aromatic heterocycles. The highest BCUT2D eigenvalue weighted by Gasteiger charge is 2.29. The third kappa shape index (κ3) is 3.35. The number of carbonyl (C=O) groups excluding carboxylic acids is 2. The second-order valence-electron chi connectivity index (χ2n) is 7.70. The van der Waals surface area contributed by atoms with Gasteiger partial charge in [-0.15, -0.1) is 0 Å². The van der Waals surface area contributed by atoms with E-state index in [1.54, 1.807) is 0 Å². The topological polar surface area (TPSA) is 46.6 Å². The minimum atomic E-state index is -0.446. The summed E-state index contributed by atoms with van der Waals surface area (Å²) in [5, 5.41) is 3.66. The minimum absolute atomic E-state index is 0.113. The molecule has 3 aromatic rings. The van der Waals surface area contributed by atoms with Gasteiger partial charge in [0.05, 0.1) is 5.56 Å². The summed E-state index contributed by atoms with van der Waals surface area (Å²) < 4.78 is 5.53. The van der Waals surface area contributed by atoms with Crippen LogP contribution in [0.15, 0.2) is 54.6 Å². The van der Waals surface area contributed by atoms with Gasteiger partial charge in [-0.1, -0.05) is 48.5 Å². The van der Waals surface area contributed by atoms with E-state index in [-0.39, 0.29) is 24.6 Å². The molecule has 1 heterocycles. The van der Waals surface area contributed by atoms with Crippen molar-refractivity contribution in [2.24, 2.45) is 0 Å². The summed E-state index contributed by atoms with van der Waals surface area (Å²) in [6.45, 7) is 3.91. The molecule has 1 aliphatic heterocycles. The van der Waals surface area contributed by atoms with Crippen LogP contribution in [0.4, 0.5) is 0 Å². The van der Waals surface area contributed by atoms with E-state index in [0.29, 0.717) is 5.56 Å². The molecule has 4 nitrogen and oxygen atoms in total. The highest BCUT2D eigenvalue weighted by atomic mass is 16.5. The normalized spacial score (nSPS) is 19.7. The number of esters is 1. The molecule has 2 atom stereocenters. The van der Waals surface area contributed by atoms with Gasteiger partial charge in [0, 0.05) is 12.1 Å². The third-order valence-electron chi connectivity index (χ3n) is 5.78. The molecule has 4 heteroatoms. The quantitative estimate of drug-likeness (QED) is 0.481. The van der Waals surface area contributed by atoms with Crippen LogP contribution in [0.3, 0.4) is 0 Å². The largest absolute Gasteiger partial charge is 0.452 e.